The molecule has 0 aliphatic carbocycles. The van der Waals surface area contributed by atoms with E-state index in [4.69, 9.17) is 28.9 Å². The lowest BCUT2D eigenvalue weighted by Crippen LogP contribution is -2.28. The highest BCUT2D eigenvalue weighted by atomic mass is 35.5. The summed E-state index contributed by atoms with van der Waals surface area (Å²) in [7, 11) is 0. The van der Waals surface area contributed by atoms with Gasteiger partial charge in [0.25, 0.3) is 0 Å². The number of halogens is 2. The summed E-state index contributed by atoms with van der Waals surface area (Å²) in [6.45, 7) is 1.69. The average molecular weight is 371 g/mol. The first kappa shape index (κ1) is 16.3. The van der Waals surface area contributed by atoms with Gasteiger partial charge in [0.1, 0.15) is 5.82 Å². The van der Waals surface area contributed by atoms with Crippen LogP contribution in [0, 0.1) is 0 Å². The Bertz CT molecular complexity index is 925. The fourth-order valence-corrected chi connectivity index (χ4v) is 3.54. The maximum atomic E-state index is 6.20. The van der Waals surface area contributed by atoms with E-state index in [-0.39, 0.29) is 5.92 Å². The van der Waals surface area contributed by atoms with Gasteiger partial charge in [0.05, 0.1) is 28.1 Å². The van der Waals surface area contributed by atoms with Crippen LogP contribution >= 0.6 is 23.2 Å². The Balaban J connectivity index is 1.72. The lowest BCUT2D eigenvalue weighted by molar-refractivity contribution is 0.591. The van der Waals surface area contributed by atoms with Gasteiger partial charge in [-0.15, -0.1) is 0 Å². The van der Waals surface area contributed by atoms with Gasteiger partial charge in [-0.25, -0.2) is 4.98 Å². The molecule has 1 aliphatic rings. The molecule has 1 aromatic heterocycles. The minimum Gasteiger partial charge on any atom is -0.382 e. The Morgan fingerprint density at radius 1 is 1.00 bits per heavy atom. The maximum Gasteiger partial charge on any atom is 0.141 e. The minimum absolute atomic E-state index is 0.241. The molecule has 0 radical (unpaired) electrons. The van der Waals surface area contributed by atoms with Crippen LogP contribution in [0.1, 0.15) is 22.6 Å². The predicted octanol–water partition coefficient (Wildman–Crippen LogP) is 4.27. The minimum atomic E-state index is 0.241. The van der Waals surface area contributed by atoms with Crippen LogP contribution in [0.4, 0.5) is 5.82 Å². The highest BCUT2D eigenvalue weighted by molar-refractivity contribution is 6.42. The first-order chi connectivity index (χ1) is 12.1. The highest BCUT2D eigenvalue weighted by Gasteiger charge is 2.22. The van der Waals surface area contributed by atoms with E-state index in [2.05, 4.69) is 33.5 Å². The molecule has 25 heavy (non-hydrogen) atoms. The third-order valence-corrected chi connectivity index (χ3v) is 5.23. The van der Waals surface area contributed by atoms with Crippen LogP contribution < -0.4 is 11.1 Å². The van der Waals surface area contributed by atoms with E-state index < -0.39 is 0 Å². The zero-order chi connectivity index (χ0) is 17.4. The van der Waals surface area contributed by atoms with Gasteiger partial charge in [-0.1, -0.05) is 41.4 Å². The summed E-state index contributed by atoms with van der Waals surface area (Å²) in [6, 6.07) is 12.2. The summed E-state index contributed by atoms with van der Waals surface area (Å²) < 4.78 is 0. The molecular formula is C19H16Cl2N4. The third-order valence-electron chi connectivity index (χ3n) is 4.50. The Morgan fingerprint density at radius 2 is 1.88 bits per heavy atom. The number of fused-ring (bicyclic) bond motifs is 1. The summed E-state index contributed by atoms with van der Waals surface area (Å²) in [6.07, 6.45) is 3.27. The molecule has 0 saturated heterocycles. The molecule has 0 saturated carbocycles. The van der Waals surface area contributed by atoms with Crippen molar-refractivity contribution in [3.8, 4) is 11.3 Å². The Kier molecular flexibility index (Phi) is 4.34. The molecular weight excluding hydrogens is 355 g/mol. The number of hydrogen-bond donors (Lipinski definition) is 2. The van der Waals surface area contributed by atoms with Crippen molar-refractivity contribution in [1.82, 2.24) is 15.3 Å². The fourth-order valence-electron chi connectivity index (χ4n) is 3.23. The second-order valence-electron chi connectivity index (χ2n) is 6.10. The van der Waals surface area contributed by atoms with Gasteiger partial charge >= 0.3 is 0 Å². The quantitative estimate of drug-likeness (QED) is 0.706. The van der Waals surface area contributed by atoms with Crippen molar-refractivity contribution in [2.75, 3.05) is 12.3 Å². The van der Waals surface area contributed by atoms with Gasteiger partial charge in [0.2, 0.25) is 0 Å². The zero-order valence-electron chi connectivity index (χ0n) is 13.3. The number of hydrogen-bond acceptors (Lipinski definition) is 4. The molecule has 2 aromatic carbocycles. The van der Waals surface area contributed by atoms with E-state index in [0.717, 1.165) is 29.9 Å². The molecule has 126 valence electrons. The number of nitrogens with zero attached hydrogens (tertiary/aromatic N) is 2. The predicted molar refractivity (Wildman–Crippen MR) is 102 cm³/mol. The number of nitrogens with one attached hydrogen (secondary N) is 1. The van der Waals surface area contributed by atoms with E-state index in [1.807, 2.05) is 18.2 Å². The van der Waals surface area contributed by atoms with Crippen molar-refractivity contribution < 1.29 is 0 Å². The molecule has 6 heteroatoms. The summed E-state index contributed by atoms with van der Waals surface area (Å²) in [4.78, 5) is 8.48. The van der Waals surface area contributed by atoms with E-state index in [9.17, 15) is 0 Å². The summed E-state index contributed by atoms with van der Waals surface area (Å²) in [5, 5.41) is 4.64. The van der Waals surface area contributed by atoms with Crippen molar-refractivity contribution in [1.29, 1.82) is 0 Å². The normalized spacial score (nSPS) is 16.5. The van der Waals surface area contributed by atoms with E-state index in [0.29, 0.717) is 15.9 Å². The van der Waals surface area contributed by atoms with Crippen molar-refractivity contribution in [2.24, 2.45) is 0 Å². The van der Waals surface area contributed by atoms with Crippen molar-refractivity contribution in [3.05, 3.63) is 75.5 Å². The van der Waals surface area contributed by atoms with E-state index >= 15 is 0 Å². The molecule has 4 nitrogen and oxygen atoms in total. The number of anilines is 1. The second kappa shape index (κ2) is 6.64. The number of rotatable bonds is 2. The highest BCUT2D eigenvalue weighted by Crippen LogP contribution is 2.35. The molecule has 1 atom stereocenters. The van der Waals surface area contributed by atoms with Gasteiger partial charge in [-0.3, -0.25) is 4.98 Å². The standard InChI is InChI=1S/C19H16Cl2N4/c20-16-4-2-11(6-17(16)21)15-8-23-7-13-5-12(1-3-14(13)15)18-9-25-19(22)10-24-18/h1-6,9-10,15,23H,7-8H2,(H2,22,25). The van der Waals surface area contributed by atoms with Crippen LogP contribution in [0.25, 0.3) is 11.3 Å². The molecule has 0 amide bonds. The summed E-state index contributed by atoms with van der Waals surface area (Å²) in [5.74, 6) is 0.660. The Hall–Kier alpha value is -2.14. The van der Waals surface area contributed by atoms with E-state index in [1.54, 1.807) is 12.4 Å². The number of nitrogens with two attached hydrogens (primary N) is 1. The van der Waals surface area contributed by atoms with Gasteiger partial charge < -0.3 is 11.1 Å². The lowest BCUT2D eigenvalue weighted by atomic mass is 9.84. The van der Waals surface area contributed by atoms with Crippen molar-refractivity contribution >= 4 is 29.0 Å². The average Bonchev–Trinajstić information content (AvgIpc) is 2.64. The maximum absolute atomic E-state index is 6.20. The molecule has 1 aliphatic heterocycles. The van der Waals surface area contributed by atoms with Crippen LogP contribution in [0.2, 0.25) is 10.0 Å². The summed E-state index contributed by atoms with van der Waals surface area (Å²) in [5.41, 5.74) is 11.2. The first-order valence-electron chi connectivity index (χ1n) is 7.98. The lowest BCUT2D eigenvalue weighted by Gasteiger charge is -2.27. The molecule has 2 heterocycles. The van der Waals surface area contributed by atoms with Crippen LogP contribution in [-0.4, -0.2) is 16.5 Å². The Labute approximate surface area is 156 Å². The molecule has 4 rings (SSSR count). The molecule has 1 unspecified atom stereocenters. The number of aromatic nitrogens is 2. The summed E-state index contributed by atoms with van der Waals surface area (Å²) >= 11 is 12.3. The number of benzene rings is 2. The molecule has 3 N–H and O–H groups in total. The van der Waals surface area contributed by atoms with E-state index in [1.165, 1.54) is 11.1 Å². The smallest absolute Gasteiger partial charge is 0.141 e. The third kappa shape index (κ3) is 3.21. The van der Waals surface area contributed by atoms with Crippen LogP contribution in [0.15, 0.2) is 48.8 Å². The largest absolute Gasteiger partial charge is 0.382 e. The monoisotopic (exact) mass is 370 g/mol. The van der Waals surface area contributed by atoms with Crippen LogP contribution in [-0.2, 0) is 6.54 Å². The zero-order valence-corrected chi connectivity index (χ0v) is 14.8. The molecule has 0 fully saturated rings. The number of nitrogen functional groups attached to an aromatic ring is 1. The fraction of sp³-hybridized carbons (Fsp3) is 0.158. The van der Waals surface area contributed by atoms with Crippen molar-refractivity contribution in [2.45, 2.75) is 12.5 Å². The van der Waals surface area contributed by atoms with Gasteiger partial charge in [-0.05, 0) is 34.9 Å². The Morgan fingerprint density at radius 3 is 2.64 bits per heavy atom. The van der Waals surface area contributed by atoms with Crippen molar-refractivity contribution in [3.63, 3.8) is 0 Å². The topological polar surface area (TPSA) is 63.8 Å². The SMILES string of the molecule is Nc1cnc(-c2ccc3c(c2)CNCC3c2ccc(Cl)c(Cl)c2)cn1. The molecule has 3 aromatic rings. The molecule has 0 spiro atoms. The first-order valence-corrected chi connectivity index (χ1v) is 8.74. The van der Waals surface area contributed by atoms with Crippen LogP contribution in [0.3, 0.4) is 0 Å². The second-order valence-corrected chi connectivity index (χ2v) is 6.91. The van der Waals surface area contributed by atoms with Gasteiger partial charge in [0.15, 0.2) is 0 Å². The van der Waals surface area contributed by atoms with Gasteiger partial charge in [-0.2, -0.15) is 0 Å². The van der Waals surface area contributed by atoms with Gasteiger partial charge in [0, 0.05) is 24.6 Å². The van der Waals surface area contributed by atoms with Crippen LogP contribution in [0.5, 0.6) is 0 Å². The molecule has 0 bridgehead atoms.